The smallest absolute Gasteiger partial charge is 0.336 e. The highest BCUT2D eigenvalue weighted by molar-refractivity contribution is 5.89. The Morgan fingerprint density at radius 3 is 2.69 bits per heavy atom. The summed E-state index contributed by atoms with van der Waals surface area (Å²) in [6, 6.07) is 16.5. The number of pyridine rings is 1. The van der Waals surface area contributed by atoms with Crippen LogP contribution in [0.25, 0.3) is 0 Å². The van der Waals surface area contributed by atoms with Crippen LogP contribution in [0.15, 0.2) is 60.9 Å². The van der Waals surface area contributed by atoms with Crippen LogP contribution in [0.5, 0.6) is 5.75 Å². The van der Waals surface area contributed by atoms with Gasteiger partial charge in [-0.25, -0.2) is 4.79 Å². The molecule has 4 rings (SSSR count). The molecule has 1 aliphatic rings. The summed E-state index contributed by atoms with van der Waals surface area (Å²) in [5, 5.41) is 9.41. The molecule has 3 aromatic rings. The van der Waals surface area contributed by atoms with Gasteiger partial charge in [0.05, 0.1) is 12.2 Å². The van der Waals surface area contributed by atoms with Gasteiger partial charge in [-0.05, 0) is 97.2 Å². The van der Waals surface area contributed by atoms with Crippen molar-refractivity contribution in [2.75, 3.05) is 18.6 Å². The largest absolute Gasteiger partial charge is 0.494 e. The molecule has 0 unspecified atom stereocenters. The number of benzene rings is 2. The molecule has 5 heteroatoms. The summed E-state index contributed by atoms with van der Waals surface area (Å²) in [4.78, 5) is 17.8. The van der Waals surface area contributed by atoms with Gasteiger partial charge in [-0.15, -0.1) is 0 Å². The van der Waals surface area contributed by atoms with E-state index in [1.54, 1.807) is 18.5 Å². The van der Waals surface area contributed by atoms with Crippen molar-refractivity contribution < 1.29 is 14.6 Å². The van der Waals surface area contributed by atoms with Crippen LogP contribution in [0.3, 0.4) is 0 Å². The third kappa shape index (κ3) is 4.77. The fourth-order valence-corrected chi connectivity index (χ4v) is 4.50. The lowest BCUT2D eigenvalue weighted by Gasteiger charge is -2.21. The van der Waals surface area contributed by atoms with E-state index in [1.165, 1.54) is 16.8 Å². The van der Waals surface area contributed by atoms with Crippen molar-refractivity contribution in [3.8, 4) is 5.75 Å². The zero-order chi connectivity index (χ0) is 22.5. The first kappa shape index (κ1) is 21.9. The fourth-order valence-electron chi connectivity index (χ4n) is 4.50. The lowest BCUT2D eigenvalue weighted by Crippen LogP contribution is -2.10. The molecule has 0 fully saturated rings. The Labute approximate surface area is 189 Å². The predicted molar refractivity (Wildman–Crippen MR) is 127 cm³/mol. The molecule has 0 spiro atoms. The minimum Gasteiger partial charge on any atom is -0.494 e. The number of hydrogen-bond acceptors (Lipinski definition) is 4. The summed E-state index contributed by atoms with van der Waals surface area (Å²) in [6.45, 7) is 2.84. The number of carboxylic acid groups (broad SMARTS) is 1. The van der Waals surface area contributed by atoms with E-state index in [2.05, 4.69) is 54.2 Å². The summed E-state index contributed by atoms with van der Waals surface area (Å²) >= 11 is 0. The summed E-state index contributed by atoms with van der Waals surface area (Å²) < 4.78 is 5.69. The minimum absolute atomic E-state index is 0.362. The second-order valence-corrected chi connectivity index (χ2v) is 8.40. The Balaban J connectivity index is 1.44. The van der Waals surface area contributed by atoms with Gasteiger partial charge in [-0.1, -0.05) is 13.0 Å². The highest BCUT2D eigenvalue weighted by atomic mass is 16.5. The maximum absolute atomic E-state index is 11.5. The normalized spacial score (nSPS) is 14.8. The van der Waals surface area contributed by atoms with E-state index in [0.717, 1.165) is 55.7 Å². The Kier molecular flexibility index (Phi) is 6.74. The second kappa shape index (κ2) is 9.86. The number of carbonyl (C=O) groups is 1. The quantitative estimate of drug-likeness (QED) is 0.451. The Bertz CT molecular complexity index is 1080. The van der Waals surface area contributed by atoms with E-state index >= 15 is 0 Å². The Morgan fingerprint density at radius 2 is 1.94 bits per heavy atom. The SMILES string of the molecule is CCCOc1ccc(N(C)c2ccc3c(c2)CC[C@H]3CCc2cnccc2C(=O)O)cc1. The number of rotatable bonds is 9. The highest BCUT2D eigenvalue weighted by Crippen LogP contribution is 2.39. The summed E-state index contributed by atoms with van der Waals surface area (Å²) in [7, 11) is 2.09. The number of hydrogen-bond donors (Lipinski definition) is 1. The maximum atomic E-state index is 11.5. The predicted octanol–water partition coefficient (Wildman–Crippen LogP) is 6.00. The summed E-state index contributed by atoms with van der Waals surface area (Å²) in [6.07, 6.45) is 8.07. The van der Waals surface area contributed by atoms with Crippen LogP contribution in [0.4, 0.5) is 11.4 Å². The van der Waals surface area contributed by atoms with Crippen molar-refractivity contribution in [2.45, 2.75) is 44.9 Å². The van der Waals surface area contributed by atoms with Crippen LogP contribution < -0.4 is 9.64 Å². The first-order valence-corrected chi connectivity index (χ1v) is 11.3. The molecule has 0 amide bonds. The third-order valence-electron chi connectivity index (χ3n) is 6.31. The average molecular weight is 431 g/mol. The number of aromatic carboxylic acids is 1. The number of ether oxygens (including phenoxy) is 1. The Morgan fingerprint density at radius 1 is 1.16 bits per heavy atom. The molecule has 166 valence electrons. The van der Waals surface area contributed by atoms with E-state index in [0.29, 0.717) is 11.5 Å². The van der Waals surface area contributed by atoms with Crippen LogP contribution in [0, 0.1) is 0 Å². The number of nitrogens with zero attached hydrogens (tertiary/aromatic N) is 2. The van der Waals surface area contributed by atoms with Crippen LogP contribution in [-0.2, 0) is 12.8 Å². The van der Waals surface area contributed by atoms with E-state index < -0.39 is 5.97 Å². The average Bonchev–Trinajstić information content (AvgIpc) is 3.23. The molecular formula is C27H30N2O3. The van der Waals surface area contributed by atoms with Crippen LogP contribution in [0.1, 0.15) is 59.2 Å². The molecule has 32 heavy (non-hydrogen) atoms. The maximum Gasteiger partial charge on any atom is 0.336 e. The molecule has 0 aliphatic heterocycles. The van der Waals surface area contributed by atoms with Gasteiger partial charge in [-0.2, -0.15) is 0 Å². The van der Waals surface area contributed by atoms with E-state index in [1.807, 2.05) is 12.1 Å². The number of aromatic nitrogens is 1. The van der Waals surface area contributed by atoms with Crippen molar-refractivity contribution >= 4 is 17.3 Å². The summed E-state index contributed by atoms with van der Waals surface area (Å²) in [5.41, 5.74) is 6.27. The van der Waals surface area contributed by atoms with Crippen molar-refractivity contribution in [3.05, 3.63) is 83.2 Å². The molecule has 1 atom stereocenters. The van der Waals surface area contributed by atoms with Gasteiger partial charge in [-0.3, -0.25) is 4.98 Å². The molecule has 0 bridgehead atoms. The molecule has 1 heterocycles. The number of fused-ring (bicyclic) bond motifs is 1. The number of anilines is 2. The van der Waals surface area contributed by atoms with E-state index in [4.69, 9.17) is 4.74 Å². The van der Waals surface area contributed by atoms with Gasteiger partial charge in [0, 0.05) is 30.8 Å². The number of carboxylic acids is 1. The lowest BCUT2D eigenvalue weighted by molar-refractivity contribution is 0.0695. The lowest BCUT2D eigenvalue weighted by atomic mass is 9.93. The number of aryl methyl sites for hydroxylation is 2. The van der Waals surface area contributed by atoms with E-state index in [9.17, 15) is 9.90 Å². The topological polar surface area (TPSA) is 62.7 Å². The van der Waals surface area contributed by atoms with Gasteiger partial charge in [0.1, 0.15) is 5.75 Å². The second-order valence-electron chi connectivity index (χ2n) is 8.40. The zero-order valence-corrected chi connectivity index (χ0v) is 18.8. The Hall–Kier alpha value is -3.34. The molecule has 1 N–H and O–H groups in total. The highest BCUT2D eigenvalue weighted by Gasteiger charge is 2.24. The monoisotopic (exact) mass is 430 g/mol. The van der Waals surface area contributed by atoms with Crippen molar-refractivity contribution in [2.24, 2.45) is 0 Å². The summed E-state index contributed by atoms with van der Waals surface area (Å²) in [5.74, 6) is 0.480. The molecule has 5 nitrogen and oxygen atoms in total. The molecule has 0 saturated heterocycles. The van der Waals surface area contributed by atoms with Gasteiger partial charge in [0.15, 0.2) is 0 Å². The van der Waals surface area contributed by atoms with Crippen molar-refractivity contribution in [3.63, 3.8) is 0 Å². The van der Waals surface area contributed by atoms with Crippen molar-refractivity contribution in [1.82, 2.24) is 4.98 Å². The first-order valence-electron chi connectivity index (χ1n) is 11.3. The molecule has 2 aromatic carbocycles. The van der Waals surface area contributed by atoms with Gasteiger partial charge in [0.25, 0.3) is 0 Å². The molecule has 1 aromatic heterocycles. The molecule has 0 saturated carbocycles. The van der Waals surface area contributed by atoms with Crippen LogP contribution in [0.2, 0.25) is 0 Å². The molecular weight excluding hydrogens is 400 g/mol. The van der Waals surface area contributed by atoms with Gasteiger partial charge in [0.2, 0.25) is 0 Å². The van der Waals surface area contributed by atoms with Gasteiger partial charge < -0.3 is 14.7 Å². The van der Waals surface area contributed by atoms with Crippen LogP contribution >= 0.6 is 0 Å². The fraction of sp³-hybridized carbons (Fsp3) is 0.333. The van der Waals surface area contributed by atoms with E-state index in [-0.39, 0.29) is 0 Å². The minimum atomic E-state index is -0.883. The first-order chi connectivity index (χ1) is 15.6. The van der Waals surface area contributed by atoms with Crippen molar-refractivity contribution in [1.29, 1.82) is 0 Å². The third-order valence-corrected chi connectivity index (χ3v) is 6.31. The standard InChI is InChI=1S/C27H30N2O3/c1-3-16-32-24-11-8-22(9-12-24)29(2)23-10-13-25-19(4-6-20(25)17-23)5-7-21-18-28-15-14-26(21)27(30)31/h8-15,17-19H,3-7,16H2,1-2H3,(H,30,31)/t19-/m0/s1. The van der Waals surface area contributed by atoms with Gasteiger partial charge >= 0.3 is 5.97 Å². The zero-order valence-electron chi connectivity index (χ0n) is 18.8. The van der Waals surface area contributed by atoms with Crippen LogP contribution in [-0.4, -0.2) is 29.7 Å². The molecule has 0 radical (unpaired) electrons. The molecule has 1 aliphatic carbocycles.